The summed E-state index contributed by atoms with van der Waals surface area (Å²) in [4.78, 5) is 11.8. The number of rotatable bonds is 4. The van der Waals surface area contributed by atoms with E-state index >= 15 is 0 Å². The first-order valence-electron chi connectivity index (χ1n) is 6.30. The summed E-state index contributed by atoms with van der Waals surface area (Å²) >= 11 is 0. The topological polar surface area (TPSA) is 80.7 Å². The minimum absolute atomic E-state index is 0.146. The van der Waals surface area contributed by atoms with E-state index in [9.17, 15) is 13.2 Å². The van der Waals surface area contributed by atoms with Crippen LogP contribution in [0.3, 0.4) is 0 Å². The Morgan fingerprint density at radius 2 is 1.70 bits per heavy atom. The maximum atomic E-state index is 12.0. The number of hydrogen-bond donors (Lipinski definition) is 1. The van der Waals surface area contributed by atoms with E-state index in [0.29, 0.717) is 17.5 Å². The Kier molecular flexibility index (Phi) is 4.61. The smallest absolute Gasteiger partial charge is 0.316 e. The normalized spacial score (nSPS) is 12.3. The fourth-order valence-corrected chi connectivity index (χ4v) is 2.70. The van der Waals surface area contributed by atoms with E-state index in [-0.39, 0.29) is 16.6 Å². The predicted octanol–water partition coefficient (Wildman–Crippen LogP) is 2.89. The molecule has 0 fully saturated rings. The van der Waals surface area contributed by atoms with Crippen LogP contribution in [0, 0.1) is 19.3 Å². The van der Waals surface area contributed by atoms with Crippen molar-refractivity contribution in [2.24, 2.45) is 5.41 Å². The number of aryl methyl sites for hydroxylation is 2. The summed E-state index contributed by atoms with van der Waals surface area (Å²) in [6.07, 6.45) is 0.632. The second-order valence-corrected chi connectivity index (χ2v) is 6.85. The first-order valence-corrected chi connectivity index (χ1v) is 7.74. The van der Waals surface area contributed by atoms with Gasteiger partial charge in [-0.15, -0.1) is 0 Å². The van der Waals surface area contributed by atoms with Gasteiger partial charge in [-0.2, -0.15) is 8.42 Å². The molecular weight excluding hydrogens is 280 g/mol. The highest BCUT2D eigenvalue weighted by Gasteiger charge is 2.28. The van der Waals surface area contributed by atoms with Gasteiger partial charge < -0.3 is 4.74 Å². The Morgan fingerprint density at radius 3 is 2.05 bits per heavy atom. The summed E-state index contributed by atoms with van der Waals surface area (Å²) in [6.45, 7) is 8.53. The Morgan fingerprint density at radius 1 is 1.25 bits per heavy atom. The van der Waals surface area contributed by atoms with Crippen molar-refractivity contribution >= 4 is 16.1 Å². The third-order valence-electron chi connectivity index (χ3n) is 3.34. The zero-order chi connectivity index (χ0) is 15.7. The molecule has 5 nitrogen and oxygen atoms in total. The van der Waals surface area contributed by atoms with Crippen LogP contribution < -0.4 is 4.74 Å². The van der Waals surface area contributed by atoms with Crippen molar-refractivity contribution in [3.63, 3.8) is 0 Å². The zero-order valence-corrected chi connectivity index (χ0v) is 13.2. The van der Waals surface area contributed by atoms with Crippen molar-refractivity contribution in [3.05, 3.63) is 23.3 Å². The summed E-state index contributed by atoms with van der Waals surface area (Å²) in [6, 6.07) is 2.86. The van der Waals surface area contributed by atoms with Crippen molar-refractivity contribution in [3.8, 4) is 5.75 Å². The SMILES string of the molecule is CCC(C)(C)C(=O)Oc1cc(C)c(S(=O)(=O)O)c(C)c1. The Hall–Kier alpha value is -1.40. The molecule has 0 aliphatic heterocycles. The van der Waals surface area contributed by atoms with Crippen LogP contribution in [0.4, 0.5) is 0 Å². The zero-order valence-electron chi connectivity index (χ0n) is 12.4. The monoisotopic (exact) mass is 300 g/mol. The van der Waals surface area contributed by atoms with E-state index in [1.807, 2.05) is 6.92 Å². The van der Waals surface area contributed by atoms with E-state index in [1.165, 1.54) is 12.1 Å². The summed E-state index contributed by atoms with van der Waals surface area (Å²) in [5.74, 6) is -0.0997. The number of carbonyl (C=O) groups is 1. The molecule has 1 aromatic carbocycles. The first-order chi connectivity index (χ1) is 8.99. The lowest BCUT2D eigenvalue weighted by molar-refractivity contribution is -0.144. The molecule has 0 amide bonds. The predicted molar refractivity (Wildman–Crippen MR) is 75.4 cm³/mol. The van der Waals surface area contributed by atoms with Crippen LogP contribution in [0.15, 0.2) is 17.0 Å². The van der Waals surface area contributed by atoms with E-state index in [2.05, 4.69) is 0 Å². The van der Waals surface area contributed by atoms with Gasteiger partial charge in [0.05, 0.1) is 10.3 Å². The van der Waals surface area contributed by atoms with Gasteiger partial charge >= 0.3 is 5.97 Å². The molecule has 1 N–H and O–H groups in total. The number of benzene rings is 1. The summed E-state index contributed by atoms with van der Waals surface area (Å²) in [5.41, 5.74) is 0.0676. The van der Waals surface area contributed by atoms with Gasteiger partial charge in [-0.25, -0.2) is 0 Å². The molecule has 0 saturated carbocycles. The maximum absolute atomic E-state index is 12.0. The molecule has 20 heavy (non-hydrogen) atoms. The molecule has 0 spiro atoms. The molecule has 0 unspecified atom stereocenters. The minimum atomic E-state index is -4.28. The van der Waals surface area contributed by atoms with Crippen molar-refractivity contribution in [2.75, 3.05) is 0 Å². The Labute approximate surface area is 119 Å². The molecular formula is C14H20O5S. The molecule has 1 aromatic rings. The van der Waals surface area contributed by atoms with E-state index < -0.39 is 15.5 Å². The quantitative estimate of drug-likeness (QED) is 0.525. The second-order valence-electron chi connectivity index (χ2n) is 5.49. The number of ether oxygens (including phenoxy) is 1. The fraction of sp³-hybridized carbons (Fsp3) is 0.500. The average Bonchev–Trinajstić information content (AvgIpc) is 2.25. The average molecular weight is 300 g/mol. The van der Waals surface area contributed by atoms with Gasteiger partial charge in [0.2, 0.25) is 0 Å². The van der Waals surface area contributed by atoms with Crippen molar-refractivity contribution < 1.29 is 22.5 Å². The first kappa shape index (κ1) is 16.7. The second kappa shape index (κ2) is 5.54. The number of esters is 1. The highest BCUT2D eigenvalue weighted by Crippen LogP contribution is 2.28. The Bertz CT molecular complexity index is 606. The summed E-state index contributed by atoms with van der Waals surface area (Å²) in [5, 5.41) is 0. The molecule has 0 heterocycles. The van der Waals surface area contributed by atoms with Gasteiger partial charge in [-0.3, -0.25) is 9.35 Å². The molecule has 0 aliphatic rings. The molecule has 1 rings (SSSR count). The molecule has 0 radical (unpaired) electrons. The molecule has 0 saturated heterocycles. The van der Waals surface area contributed by atoms with Crippen LogP contribution in [0.1, 0.15) is 38.3 Å². The molecule has 0 atom stereocenters. The number of carbonyl (C=O) groups excluding carboxylic acids is 1. The molecule has 0 bridgehead atoms. The van der Waals surface area contributed by atoms with E-state index in [1.54, 1.807) is 27.7 Å². The highest BCUT2D eigenvalue weighted by molar-refractivity contribution is 7.86. The van der Waals surface area contributed by atoms with Gasteiger partial charge in [0.25, 0.3) is 10.1 Å². The van der Waals surface area contributed by atoms with E-state index in [4.69, 9.17) is 9.29 Å². The standard InChI is InChI=1S/C14H20O5S/c1-6-14(4,5)13(15)19-11-7-9(2)12(10(3)8-11)20(16,17)18/h7-8H,6H2,1-5H3,(H,16,17,18). The van der Waals surface area contributed by atoms with Crippen LogP contribution in [0.5, 0.6) is 5.75 Å². The summed E-state index contributed by atoms with van der Waals surface area (Å²) in [7, 11) is -4.28. The lowest BCUT2D eigenvalue weighted by atomic mass is 9.91. The minimum Gasteiger partial charge on any atom is -0.426 e. The third kappa shape index (κ3) is 3.58. The highest BCUT2D eigenvalue weighted by atomic mass is 32.2. The lowest BCUT2D eigenvalue weighted by Gasteiger charge is -2.20. The van der Waals surface area contributed by atoms with Gasteiger partial charge in [-0.1, -0.05) is 6.92 Å². The van der Waals surface area contributed by atoms with Gasteiger partial charge in [0.15, 0.2) is 0 Å². The van der Waals surface area contributed by atoms with Gasteiger partial charge in [-0.05, 0) is 57.4 Å². The lowest BCUT2D eigenvalue weighted by Crippen LogP contribution is -2.28. The summed E-state index contributed by atoms with van der Waals surface area (Å²) < 4.78 is 37.0. The van der Waals surface area contributed by atoms with E-state index in [0.717, 1.165) is 0 Å². The van der Waals surface area contributed by atoms with Crippen LogP contribution in [0.2, 0.25) is 0 Å². The largest absolute Gasteiger partial charge is 0.426 e. The van der Waals surface area contributed by atoms with Crippen LogP contribution in [-0.4, -0.2) is 18.9 Å². The Balaban J connectivity index is 3.17. The van der Waals surface area contributed by atoms with Gasteiger partial charge in [0, 0.05) is 0 Å². The van der Waals surface area contributed by atoms with Crippen molar-refractivity contribution in [1.82, 2.24) is 0 Å². The molecule has 0 aromatic heterocycles. The molecule has 6 heteroatoms. The molecule has 112 valence electrons. The van der Waals surface area contributed by atoms with Crippen LogP contribution >= 0.6 is 0 Å². The van der Waals surface area contributed by atoms with Gasteiger partial charge in [0.1, 0.15) is 5.75 Å². The van der Waals surface area contributed by atoms with Crippen LogP contribution in [-0.2, 0) is 14.9 Å². The van der Waals surface area contributed by atoms with Crippen molar-refractivity contribution in [2.45, 2.75) is 45.9 Å². The fourth-order valence-electron chi connectivity index (χ4n) is 1.77. The maximum Gasteiger partial charge on any atom is 0.316 e. The third-order valence-corrected chi connectivity index (χ3v) is 4.50. The van der Waals surface area contributed by atoms with Crippen LogP contribution in [0.25, 0.3) is 0 Å². The molecule has 0 aliphatic carbocycles. The van der Waals surface area contributed by atoms with Crippen molar-refractivity contribution in [1.29, 1.82) is 0 Å². The number of hydrogen-bond acceptors (Lipinski definition) is 4.